The van der Waals surface area contributed by atoms with Crippen molar-refractivity contribution in [1.29, 1.82) is 0 Å². The highest BCUT2D eigenvalue weighted by Gasteiger charge is 2.46. The molecule has 2 aliphatic heterocycles. The Hall–Kier alpha value is -1.14. The van der Waals surface area contributed by atoms with Crippen molar-refractivity contribution in [3.05, 3.63) is 24.2 Å². The van der Waals surface area contributed by atoms with Gasteiger partial charge in [0.25, 0.3) is 10.0 Å². The van der Waals surface area contributed by atoms with E-state index in [0.717, 1.165) is 38.1 Å². The minimum absolute atomic E-state index is 0.0818. The van der Waals surface area contributed by atoms with E-state index in [1.165, 1.54) is 5.57 Å². The highest BCUT2D eigenvalue weighted by Crippen LogP contribution is 2.41. The number of aryl methyl sites for hydroxylation is 2. The van der Waals surface area contributed by atoms with Crippen LogP contribution in [-0.4, -0.2) is 34.4 Å². The molecule has 3 heterocycles. The van der Waals surface area contributed by atoms with E-state index in [1.807, 2.05) is 18.4 Å². The van der Waals surface area contributed by atoms with E-state index >= 15 is 0 Å². The second kappa shape index (κ2) is 4.70. The van der Waals surface area contributed by atoms with Crippen LogP contribution in [0.1, 0.15) is 38.4 Å². The van der Waals surface area contributed by atoms with E-state index in [-0.39, 0.29) is 17.1 Å². The first-order chi connectivity index (χ1) is 9.43. The summed E-state index contributed by atoms with van der Waals surface area (Å²) in [5.41, 5.74) is 1.18. The van der Waals surface area contributed by atoms with Gasteiger partial charge in [0.15, 0.2) is 5.03 Å². The molecule has 1 aromatic heterocycles. The van der Waals surface area contributed by atoms with Crippen molar-refractivity contribution in [1.82, 2.24) is 13.9 Å². The summed E-state index contributed by atoms with van der Waals surface area (Å²) in [5, 5.41) is 0.196. The molecule has 5 nitrogen and oxygen atoms in total. The topological polar surface area (TPSA) is 55.2 Å². The van der Waals surface area contributed by atoms with E-state index < -0.39 is 10.0 Å². The van der Waals surface area contributed by atoms with Gasteiger partial charge in [-0.25, -0.2) is 13.4 Å². The van der Waals surface area contributed by atoms with Crippen LogP contribution in [0.15, 0.2) is 23.4 Å². The number of rotatable bonds is 3. The predicted molar refractivity (Wildman–Crippen MR) is 76.8 cm³/mol. The van der Waals surface area contributed by atoms with Crippen molar-refractivity contribution in [2.75, 3.05) is 0 Å². The van der Waals surface area contributed by atoms with E-state index in [2.05, 4.69) is 11.6 Å². The highest BCUT2D eigenvalue weighted by molar-refractivity contribution is 7.89. The molecule has 2 atom stereocenters. The zero-order valence-corrected chi connectivity index (χ0v) is 12.9. The summed E-state index contributed by atoms with van der Waals surface area (Å²) in [5.74, 6) is 0.750. The van der Waals surface area contributed by atoms with E-state index in [1.54, 1.807) is 10.5 Å². The molecular weight excluding hydrogens is 274 g/mol. The number of hydrogen-bond acceptors (Lipinski definition) is 3. The maximum absolute atomic E-state index is 12.9. The monoisotopic (exact) mass is 295 g/mol. The summed E-state index contributed by atoms with van der Waals surface area (Å²) < 4.78 is 29.3. The standard InChI is InChI=1S/C14H21N3O2S/c1-4-16-9-14(15-11(16)3)20(18,19)17-12-5-6-13(17)8-10(2)7-12/h9,12-13H,2,4-8H2,1,3H3. The second-order valence-electron chi connectivity index (χ2n) is 5.79. The first-order valence-corrected chi connectivity index (χ1v) is 8.61. The molecule has 0 amide bonds. The number of imidazole rings is 1. The second-order valence-corrected chi connectivity index (χ2v) is 7.58. The van der Waals surface area contributed by atoms with Crippen LogP contribution in [0.5, 0.6) is 0 Å². The van der Waals surface area contributed by atoms with Crippen LogP contribution < -0.4 is 0 Å². The van der Waals surface area contributed by atoms with Crippen LogP contribution in [-0.2, 0) is 16.6 Å². The summed E-state index contributed by atoms with van der Waals surface area (Å²) in [7, 11) is -3.47. The smallest absolute Gasteiger partial charge is 0.262 e. The van der Waals surface area contributed by atoms with Crippen molar-refractivity contribution < 1.29 is 8.42 Å². The lowest BCUT2D eigenvalue weighted by Crippen LogP contribution is -2.44. The highest BCUT2D eigenvalue weighted by atomic mass is 32.2. The lowest BCUT2D eigenvalue weighted by Gasteiger charge is -2.34. The molecule has 2 saturated heterocycles. The van der Waals surface area contributed by atoms with Gasteiger partial charge in [-0.05, 0) is 39.5 Å². The van der Waals surface area contributed by atoms with Crippen molar-refractivity contribution in [3.8, 4) is 0 Å². The molecule has 3 rings (SSSR count). The Kier molecular flexibility index (Phi) is 3.25. The zero-order chi connectivity index (χ0) is 14.5. The Labute approximate surface area is 120 Å². The molecule has 2 unspecified atom stereocenters. The van der Waals surface area contributed by atoms with Gasteiger partial charge in [0.2, 0.25) is 0 Å². The zero-order valence-electron chi connectivity index (χ0n) is 12.0. The van der Waals surface area contributed by atoms with Gasteiger partial charge < -0.3 is 4.57 Å². The summed E-state index contributed by atoms with van der Waals surface area (Å²) in [6, 6.07) is 0.164. The van der Waals surface area contributed by atoms with Crippen molar-refractivity contribution in [2.45, 2.75) is 63.2 Å². The summed E-state index contributed by atoms with van der Waals surface area (Å²) in [4.78, 5) is 4.25. The summed E-state index contributed by atoms with van der Waals surface area (Å²) in [6.45, 7) is 8.60. The number of fused-ring (bicyclic) bond motifs is 2. The maximum Gasteiger partial charge on any atom is 0.262 e. The molecule has 20 heavy (non-hydrogen) atoms. The third kappa shape index (κ3) is 2.02. The Morgan fingerprint density at radius 2 is 1.95 bits per heavy atom. The molecular formula is C14H21N3O2S. The van der Waals surface area contributed by atoms with Gasteiger partial charge >= 0.3 is 0 Å². The third-order valence-electron chi connectivity index (χ3n) is 4.44. The van der Waals surface area contributed by atoms with Crippen LogP contribution in [0.2, 0.25) is 0 Å². The summed E-state index contributed by atoms with van der Waals surface area (Å²) in [6.07, 6.45) is 5.13. The van der Waals surface area contributed by atoms with Crippen LogP contribution in [0.3, 0.4) is 0 Å². The van der Waals surface area contributed by atoms with Crippen LogP contribution in [0.4, 0.5) is 0 Å². The normalized spacial score (nSPS) is 27.2. The van der Waals surface area contributed by atoms with Gasteiger partial charge in [-0.1, -0.05) is 12.2 Å². The minimum atomic E-state index is -3.47. The quantitative estimate of drug-likeness (QED) is 0.802. The van der Waals surface area contributed by atoms with Crippen LogP contribution >= 0.6 is 0 Å². The van der Waals surface area contributed by atoms with Crippen molar-refractivity contribution in [3.63, 3.8) is 0 Å². The fraction of sp³-hybridized carbons (Fsp3) is 0.643. The number of hydrogen-bond donors (Lipinski definition) is 0. The fourth-order valence-electron chi connectivity index (χ4n) is 3.50. The van der Waals surface area contributed by atoms with Gasteiger partial charge in [0.05, 0.1) is 0 Å². The molecule has 6 heteroatoms. The molecule has 0 saturated carbocycles. The van der Waals surface area contributed by atoms with Gasteiger partial charge in [-0.2, -0.15) is 4.31 Å². The Bertz CT molecular complexity index is 631. The number of piperidine rings is 1. The molecule has 0 spiro atoms. The lowest BCUT2D eigenvalue weighted by atomic mass is 10.0. The Balaban J connectivity index is 1.98. The number of nitrogens with zero attached hydrogens (tertiary/aromatic N) is 3. The minimum Gasteiger partial charge on any atom is -0.334 e. The molecule has 2 bridgehead atoms. The fourth-order valence-corrected chi connectivity index (χ4v) is 5.36. The average Bonchev–Trinajstić information content (AvgIpc) is 2.89. The Morgan fingerprint density at radius 1 is 1.35 bits per heavy atom. The van der Waals surface area contributed by atoms with E-state index in [9.17, 15) is 8.42 Å². The van der Waals surface area contributed by atoms with Crippen LogP contribution in [0.25, 0.3) is 0 Å². The van der Waals surface area contributed by atoms with E-state index in [4.69, 9.17) is 0 Å². The van der Waals surface area contributed by atoms with Gasteiger partial charge in [0.1, 0.15) is 5.82 Å². The SMILES string of the molecule is C=C1CC2CCC(C1)N2S(=O)(=O)c1cn(CC)c(C)n1. The Morgan fingerprint density at radius 3 is 2.45 bits per heavy atom. The molecule has 1 aromatic rings. The first-order valence-electron chi connectivity index (χ1n) is 7.17. The van der Waals surface area contributed by atoms with E-state index in [0.29, 0.717) is 0 Å². The first kappa shape index (κ1) is 13.8. The van der Waals surface area contributed by atoms with Gasteiger partial charge in [-0.3, -0.25) is 0 Å². The molecule has 2 aliphatic rings. The van der Waals surface area contributed by atoms with Crippen molar-refractivity contribution in [2.24, 2.45) is 0 Å². The molecule has 2 fully saturated rings. The summed E-state index contributed by atoms with van der Waals surface area (Å²) >= 11 is 0. The van der Waals surface area contributed by atoms with Crippen LogP contribution in [0, 0.1) is 6.92 Å². The molecule has 110 valence electrons. The maximum atomic E-state index is 12.9. The van der Waals surface area contributed by atoms with Gasteiger partial charge in [0, 0.05) is 24.8 Å². The predicted octanol–water partition coefficient (Wildman–Crippen LogP) is 2.08. The molecule has 0 radical (unpaired) electrons. The lowest BCUT2D eigenvalue weighted by molar-refractivity contribution is 0.285. The average molecular weight is 295 g/mol. The molecule has 0 N–H and O–H groups in total. The van der Waals surface area contributed by atoms with Crippen molar-refractivity contribution >= 4 is 10.0 Å². The third-order valence-corrected chi connectivity index (χ3v) is 6.31. The number of aromatic nitrogens is 2. The van der Waals surface area contributed by atoms with Gasteiger partial charge in [-0.15, -0.1) is 0 Å². The largest absolute Gasteiger partial charge is 0.334 e. The number of sulfonamides is 1. The molecule has 0 aromatic carbocycles. The molecule has 0 aliphatic carbocycles.